The molecule has 28 heavy (non-hydrogen) atoms. The molecule has 0 unspecified atom stereocenters. The molecule has 0 aliphatic rings. The van der Waals surface area contributed by atoms with E-state index in [9.17, 15) is 19.7 Å². The Morgan fingerprint density at radius 2 is 1.93 bits per heavy atom. The fraction of sp³-hybridized carbons (Fsp3) is 0.263. The summed E-state index contributed by atoms with van der Waals surface area (Å²) in [5.74, 6) is -0.607. The minimum atomic E-state index is -0.559. The van der Waals surface area contributed by atoms with E-state index in [1.807, 2.05) is 19.0 Å². The van der Waals surface area contributed by atoms with E-state index in [4.69, 9.17) is 4.42 Å². The SMILES string of the molecule is CN(C)CCCNC(=O)/C(=C/c1ccco1)NC(=O)c1ccc([N+](=O)[O-])cc1. The molecule has 0 saturated carbocycles. The van der Waals surface area contributed by atoms with Gasteiger partial charge >= 0.3 is 0 Å². The molecule has 0 aliphatic heterocycles. The van der Waals surface area contributed by atoms with Crippen molar-refractivity contribution in [2.24, 2.45) is 0 Å². The molecule has 9 nitrogen and oxygen atoms in total. The molecule has 0 aliphatic carbocycles. The van der Waals surface area contributed by atoms with E-state index in [0.29, 0.717) is 12.3 Å². The summed E-state index contributed by atoms with van der Waals surface area (Å²) in [6, 6.07) is 8.42. The van der Waals surface area contributed by atoms with E-state index in [0.717, 1.165) is 13.0 Å². The summed E-state index contributed by atoms with van der Waals surface area (Å²) >= 11 is 0. The Morgan fingerprint density at radius 1 is 1.21 bits per heavy atom. The van der Waals surface area contributed by atoms with Gasteiger partial charge in [-0.25, -0.2) is 0 Å². The minimum Gasteiger partial charge on any atom is -0.465 e. The third kappa shape index (κ3) is 6.36. The average molecular weight is 386 g/mol. The van der Waals surface area contributed by atoms with Crippen molar-refractivity contribution in [3.8, 4) is 0 Å². The highest BCUT2D eigenvalue weighted by atomic mass is 16.6. The second-order valence-electron chi connectivity index (χ2n) is 6.24. The normalized spacial score (nSPS) is 11.3. The maximum atomic E-state index is 12.5. The van der Waals surface area contributed by atoms with Crippen LogP contribution in [0.15, 0.2) is 52.8 Å². The first-order chi connectivity index (χ1) is 13.4. The highest BCUT2D eigenvalue weighted by Crippen LogP contribution is 2.13. The molecule has 148 valence electrons. The molecule has 2 rings (SSSR count). The van der Waals surface area contributed by atoms with Gasteiger partial charge in [0.25, 0.3) is 17.5 Å². The van der Waals surface area contributed by atoms with Gasteiger partial charge in [0, 0.05) is 30.3 Å². The van der Waals surface area contributed by atoms with Crippen molar-refractivity contribution in [1.29, 1.82) is 0 Å². The molecule has 9 heteroatoms. The monoisotopic (exact) mass is 386 g/mol. The van der Waals surface area contributed by atoms with Crippen LogP contribution < -0.4 is 10.6 Å². The van der Waals surface area contributed by atoms with Crippen LogP contribution in [0, 0.1) is 10.1 Å². The van der Waals surface area contributed by atoms with E-state index in [-0.39, 0.29) is 16.9 Å². The Hall–Kier alpha value is -3.46. The van der Waals surface area contributed by atoms with Crippen LogP contribution in [0.1, 0.15) is 22.5 Å². The van der Waals surface area contributed by atoms with Gasteiger partial charge < -0.3 is 20.0 Å². The number of rotatable bonds is 9. The van der Waals surface area contributed by atoms with Gasteiger partial charge in [-0.1, -0.05) is 0 Å². The number of nitrogens with zero attached hydrogens (tertiary/aromatic N) is 2. The average Bonchev–Trinajstić information content (AvgIpc) is 3.17. The summed E-state index contributed by atoms with van der Waals surface area (Å²) in [5, 5.41) is 16.0. The van der Waals surface area contributed by atoms with Gasteiger partial charge in [0.2, 0.25) is 0 Å². The molecule has 0 radical (unpaired) electrons. The molecule has 0 spiro atoms. The number of non-ortho nitro benzene ring substituents is 1. The molecule has 2 aromatic rings. The highest BCUT2D eigenvalue weighted by molar-refractivity contribution is 6.05. The molecule has 2 N–H and O–H groups in total. The fourth-order valence-electron chi connectivity index (χ4n) is 2.30. The van der Waals surface area contributed by atoms with Gasteiger partial charge in [0.15, 0.2) is 0 Å². The van der Waals surface area contributed by atoms with E-state index in [2.05, 4.69) is 10.6 Å². The molecule has 2 amide bonds. The number of amides is 2. The number of nitro groups is 1. The summed E-state index contributed by atoms with van der Waals surface area (Å²) < 4.78 is 5.21. The minimum absolute atomic E-state index is 0.0168. The number of furan rings is 1. The molecular weight excluding hydrogens is 364 g/mol. The topological polar surface area (TPSA) is 118 Å². The summed E-state index contributed by atoms with van der Waals surface area (Å²) in [6.45, 7) is 1.26. The van der Waals surface area contributed by atoms with Crippen molar-refractivity contribution in [2.75, 3.05) is 27.2 Å². The maximum absolute atomic E-state index is 12.5. The number of hydrogen-bond acceptors (Lipinski definition) is 6. The molecule has 1 heterocycles. The summed E-state index contributed by atoms with van der Waals surface area (Å²) in [4.78, 5) is 37.1. The van der Waals surface area contributed by atoms with Crippen LogP contribution in [0.2, 0.25) is 0 Å². The van der Waals surface area contributed by atoms with Crippen LogP contribution in [0.25, 0.3) is 6.08 Å². The molecule has 0 saturated heterocycles. The summed E-state index contributed by atoms with van der Waals surface area (Å²) in [7, 11) is 3.88. The van der Waals surface area contributed by atoms with Gasteiger partial charge in [-0.2, -0.15) is 0 Å². The van der Waals surface area contributed by atoms with E-state index in [1.165, 1.54) is 36.6 Å². The van der Waals surface area contributed by atoms with Crippen molar-refractivity contribution in [3.63, 3.8) is 0 Å². The second-order valence-corrected chi connectivity index (χ2v) is 6.24. The molecule has 0 fully saturated rings. The maximum Gasteiger partial charge on any atom is 0.269 e. The number of carbonyl (C=O) groups is 2. The predicted molar refractivity (Wildman–Crippen MR) is 103 cm³/mol. The lowest BCUT2D eigenvalue weighted by Gasteiger charge is -2.12. The standard InChI is InChI=1S/C19H22N4O5/c1-22(2)11-4-10-20-19(25)17(13-16-5-3-12-28-16)21-18(24)14-6-8-15(9-7-14)23(26)27/h3,5-9,12-13H,4,10-11H2,1-2H3,(H,20,25)(H,21,24)/b17-13-. The molecule has 0 atom stereocenters. The van der Waals surface area contributed by atoms with Crippen molar-refractivity contribution in [2.45, 2.75) is 6.42 Å². The lowest BCUT2D eigenvalue weighted by atomic mass is 10.2. The number of hydrogen-bond donors (Lipinski definition) is 2. The number of carbonyl (C=O) groups excluding carboxylic acids is 2. The zero-order valence-corrected chi connectivity index (χ0v) is 15.7. The van der Waals surface area contributed by atoms with Crippen LogP contribution in [0.4, 0.5) is 5.69 Å². The third-order valence-electron chi connectivity index (χ3n) is 3.73. The van der Waals surface area contributed by atoms with E-state index < -0.39 is 16.7 Å². The lowest BCUT2D eigenvalue weighted by molar-refractivity contribution is -0.384. The van der Waals surface area contributed by atoms with Crippen molar-refractivity contribution >= 4 is 23.6 Å². The van der Waals surface area contributed by atoms with Crippen LogP contribution in [-0.2, 0) is 4.79 Å². The molecule has 1 aromatic carbocycles. The second kappa shape index (κ2) is 10.0. The lowest BCUT2D eigenvalue weighted by Crippen LogP contribution is -2.36. The Balaban J connectivity index is 2.09. The molecule has 1 aromatic heterocycles. The van der Waals surface area contributed by atoms with Crippen molar-refractivity contribution in [3.05, 3.63) is 69.8 Å². The third-order valence-corrected chi connectivity index (χ3v) is 3.73. The Morgan fingerprint density at radius 3 is 2.50 bits per heavy atom. The van der Waals surface area contributed by atoms with Crippen LogP contribution in [0.3, 0.4) is 0 Å². The Kier molecular flexibility index (Phi) is 7.46. The van der Waals surface area contributed by atoms with Crippen LogP contribution in [-0.4, -0.2) is 48.8 Å². The summed E-state index contributed by atoms with van der Waals surface area (Å²) in [6.07, 6.45) is 3.63. The zero-order chi connectivity index (χ0) is 20.5. The number of benzene rings is 1. The Bertz CT molecular complexity index is 842. The largest absolute Gasteiger partial charge is 0.465 e. The quantitative estimate of drug-likeness (QED) is 0.295. The number of nitro benzene ring substituents is 1. The van der Waals surface area contributed by atoms with Gasteiger partial charge in [0.1, 0.15) is 11.5 Å². The van der Waals surface area contributed by atoms with Gasteiger partial charge in [-0.3, -0.25) is 19.7 Å². The van der Waals surface area contributed by atoms with Gasteiger partial charge in [0.05, 0.1) is 11.2 Å². The van der Waals surface area contributed by atoms with Crippen molar-refractivity contribution < 1.29 is 18.9 Å². The smallest absolute Gasteiger partial charge is 0.269 e. The molecule has 0 bridgehead atoms. The first-order valence-corrected chi connectivity index (χ1v) is 8.61. The zero-order valence-electron chi connectivity index (χ0n) is 15.7. The van der Waals surface area contributed by atoms with Gasteiger partial charge in [-0.15, -0.1) is 0 Å². The number of nitrogens with one attached hydrogen (secondary N) is 2. The van der Waals surface area contributed by atoms with E-state index in [1.54, 1.807) is 12.1 Å². The van der Waals surface area contributed by atoms with Crippen molar-refractivity contribution in [1.82, 2.24) is 15.5 Å². The van der Waals surface area contributed by atoms with Crippen LogP contribution in [0.5, 0.6) is 0 Å². The first-order valence-electron chi connectivity index (χ1n) is 8.61. The predicted octanol–water partition coefficient (Wildman–Crippen LogP) is 2.03. The highest BCUT2D eigenvalue weighted by Gasteiger charge is 2.16. The Labute approximate surface area is 162 Å². The van der Waals surface area contributed by atoms with Crippen LogP contribution >= 0.6 is 0 Å². The van der Waals surface area contributed by atoms with Gasteiger partial charge in [-0.05, 0) is 51.3 Å². The molecular formula is C19H22N4O5. The first kappa shape index (κ1) is 20.8. The van der Waals surface area contributed by atoms with E-state index >= 15 is 0 Å². The summed E-state index contributed by atoms with van der Waals surface area (Å²) in [5.41, 5.74) is 0.0843. The fourth-order valence-corrected chi connectivity index (χ4v) is 2.30.